The van der Waals surface area contributed by atoms with E-state index in [9.17, 15) is 14.0 Å². The maximum absolute atomic E-state index is 13.0. The number of carbonyl (C=O) groups excluding carboxylic acids is 2. The highest BCUT2D eigenvalue weighted by molar-refractivity contribution is 8.00. The molecule has 9 heteroatoms. The monoisotopic (exact) mass is 500 g/mol. The predicted octanol–water partition coefficient (Wildman–Crippen LogP) is 5.66. The summed E-state index contributed by atoms with van der Waals surface area (Å²) in [4.78, 5) is 25.7. The quantitative estimate of drug-likeness (QED) is 0.308. The van der Waals surface area contributed by atoms with Crippen LogP contribution in [0.25, 0.3) is 0 Å². The van der Waals surface area contributed by atoms with E-state index in [1.807, 2.05) is 26.0 Å². The summed E-state index contributed by atoms with van der Waals surface area (Å²) < 4.78 is 13.7. The van der Waals surface area contributed by atoms with Crippen LogP contribution in [-0.4, -0.2) is 28.1 Å². The van der Waals surface area contributed by atoms with Crippen LogP contribution in [0.3, 0.4) is 0 Å². The van der Waals surface area contributed by atoms with Gasteiger partial charge in [0.25, 0.3) is 5.91 Å². The molecule has 2 N–H and O–H groups in total. The van der Waals surface area contributed by atoms with Crippen LogP contribution in [0.5, 0.6) is 0 Å². The molecule has 0 saturated carbocycles. The lowest BCUT2D eigenvalue weighted by molar-refractivity contribution is -0.118. The topological polar surface area (TPSA) is 84.0 Å². The molecule has 0 saturated heterocycles. The number of amides is 2. The van der Waals surface area contributed by atoms with Gasteiger partial charge in [0.1, 0.15) is 11.9 Å². The van der Waals surface area contributed by atoms with Gasteiger partial charge in [-0.1, -0.05) is 82.0 Å². The van der Waals surface area contributed by atoms with E-state index in [0.717, 1.165) is 11.1 Å². The normalized spacial score (nSPS) is 12.4. The SMILES string of the molecule is CC(C)[C@H](NC(=O)c1ccc(C(C)(C)C)cc1)C(=O)Nc1nnc(SCc2ccc(F)cc2)s1. The standard InChI is InChI=1S/C25H29FN4O2S2/c1-15(2)20(27-21(31)17-8-10-18(11-9-17)25(3,4)5)22(32)28-23-29-30-24(34-23)33-14-16-6-12-19(26)13-7-16/h6-13,15,20H,14H2,1-5H3,(H,27,31)(H,28,29,32)/t20-/m0/s1. The molecule has 0 aliphatic rings. The second kappa shape index (κ2) is 11.1. The lowest BCUT2D eigenvalue weighted by Crippen LogP contribution is -2.47. The smallest absolute Gasteiger partial charge is 0.251 e. The molecule has 3 rings (SSSR count). The Kier molecular flexibility index (Phi) is 8.43. The summed E-state index contributed by atoms with van der Waals surface area (Å²) in [6, 6.07) is 13.0. The van der Waals surface area contributed by atoms with Gasteiger partial charge in [-0.2, -0.15) is 0 Å². The van der Waals surface area contributed by atoms with Gasteiger partial charge in [0.15, 0.2) is 4.34 Å². The zero-order valence-electron chi connectivity index (χ0n) is 19.9. The van der Waals surface area contributed by atoms with Crippen molar-refractivity contribution in [3.05, 3.63) is 71.0 Å². The van der Waals surface area contributed by atoms with Crippen LogP contribution in [0.15, 0.2) is 52.9 Å². The molecular formula is C25H29FN4O2S2. The summed E-state index contributed by atoms with van der Waals surface area (Å²) in [5, 5.41) is 14.1. The number of benzene rings is 2. The van der Waals surface area contributed by atoms with Crippen molar-refractivity contribution in [1.29, 1.82) is 0 Å². The average molecular weight is 501 g/mol. The minimum absolute atomic E-state index is 0.00669. The van der Waals surface area contributed by atoms with Crippen molar-refractivity contribution in [3.63, 3.8) is 0 Å². The fourth-order valence-corrected chi connectivity index (χ4v) is 4.82. The molecule has 180 valence electrons. The average Bonchev–Trinajstić information content (AvgIpc) is 3.23. The zero-order chi connectivity index (χ0) is 24.9. The van der Waals surface area contributed by atoms with E-state index < -0.39 is 6.04 Å². The molecule has 2 amide bonds. The second-order valence-corrected chi connectivity index (χ2v) is 11.5. The first-order valence-electron chi connectivity index (χ1n) is 11.0. The van der Waals surface area contributed by atoms with Gasteiger partial charge in [0.2, 0.25) is 11.0 Å². The number of aromatic nitrogens is 2. The molecule has 0 bridgehead atoms. The van der Waals surface area contributed by atoms with Crippen LogP contribution in [0.2, 0.25) is 0 Å². The Morgan fingerprint density at radius 2 is 1.68 bits per heavy atom. The Balaban J connectivity index is 1.59. The lowest BCUT2D eigenvalue weighted by Gasteiger charge is -2.22. The van der Waals surface area contributed by atoms with Gasteiger partial charge in [-0.15, -0.1) is 10.2 Å². The fourth-order valence-electron chi connectivity index (χ4n) is 3.11. The minimum Gasteiger partial charge on any atom is -0.340 e. The van der Waals surface area contributed by atoms with Crippen molar-refractivity contribution in [3.8, 4) is 0 Å². The van der Waals surface area contributed by atoms with Crippen LogP contribution >= 0.6 is 23.1 Å². The Morgan fingerprint density at radius 1 is 1.03 bits per heavy atom. The Hall–Kier alpha value is -2.78. The van der Waals surface area contributed by atoms with Crippen molar-refractivity contribution in [2.75, 3.05) is 5.32 Å². The van der Waals surface area contributed by atoms with Crippen molar-refractivity contribution >= 4 is 40.0 Å². The zero-order valence-corrected chi connectivity index (χ0v) is 21.5. The Morgan fingerprint density at radius 3 is 2.26 bits per heavy atom. The van der Waals surface area contributed by atoms with Gasteiger partial charge in [-0.3, -0.25) is 14.9 Å². The number of carbonyl (C=O) groups is 2. The first kappa shape index (κ1) is 25.8. The van der Waals surface area contributed by atoms with Crippen molar-refractivity contribution < 1.29 is 14.0 Å². The van der Waals surface area contributed by atoms with Crippen LogP contribution in [0, 0.1) is 11.7 Å². The molecular weight excluding hydrogens is 471 g/mol. The van der Waals surface area contributed by atoms with Gasteiger partial charge in [-0.05, 0) is 46.7 Å². The number of thioether (sulfide) groups is 1. The van der Waals surface area contributed by atoms with Gasteiger partial charge in [0, 0.05) is 11.3 Å². The number of hydrogen-bond acceptors (Lipinski definition) is 6. The molecule has 1 aromatic heterocycles. The van der Waals surface area contributed by atoms with Crippen LogP contribution in [-0.2, 0) is 16.0 Å². The van der Waals surface area contributed by atoms with Gasteiger partial charge in [0.05, 0.1) is 0 Å². The largest absolute Gasteiger partial charge is 0.340 e. The molecule has 0 aliphatic heterocycles. The van der Waals surface area contributed by atoms with E-state index >= 15 is 0 Å². The molecule has 1 heterocycles. The number of hydrogen-bond donors (Lipinski definition) is 2. The molecule has 0 spiro atoms. The molecule has 0 fully saturated rings. The maximum atomic E-state index is 13.0. The van der Waals surface area contributed by atoms with Crippen LogP contribution in [0.4, 0.5) is 9.52 Å². The number of halogens is 1. The molecule has 3 aromatic rings. The number of nitrogens with zero attached hydrogens (tertiary/aromatic N) is 2. The molecule has 2 aromatic carbocycles. The van der Waals surface area contributed by atoms with E-state index in [4.69, 9.17) is 0 Å². The van der Waals surface area contributed by atoms with Gasteiger partial charge < -0.3 is 5.32 Å². The molecule has 0 aliphatic carbocycles. The van der Waals surface area contributed by atoms with E-state index in [-0.39, 0.29) is 29.0 Å². The fraction of sp³-hybridized carbons (Fsp3) is 0.360. The lowest BCUT2D eigenvalue weighted by atomic mass is 9.86. The summed E-state index contributed by atoms with van der Waals surface area (Å²) >= 11 is 2.71. The number of anilines is 1. The highest BCUT2D eigenvalue weighted by atomic mass is 32.2. The van der Waals surface area contributed by atoms with Crippen molar-refractivity contribution in [2.24, 2.45) is 5.92 Å². The van der Waals surface area contributed by atoms with Crippen LogP contribution in [0.1, 0.15) is 56.1 Å². The summed E-state index contributed by atoms with van der Waals surface area (Å²) in [7, 11) is 0. The molecule has 0 unspecified atom stereocenters. The van der Waals surface area contributed by atoms with Crippen LogP contribution < -0.4 is 10.6 Å². The van der Waals surface area contributed by atoms with E-state index in [0.29, 0.717) is 20.8 Å². The number of nitrogens with one attached hydrogen (secondary N) is 2. The van der Waals surface area contributed by atoms with Crippen molar-refractivity contribution in [2.45, 2.75) is 56.2 Å². The molecule has 6 nitrogen and oxygen atoms in total. The summed E-state index contributed by atoms with van der Waals surface area (Å²) in [6.45, 7) is 10.1. The second-order valence-electron chi connectivity index (χ2n) is 9.30. The Labute approximate surface area is 207 Å². The van der Waals surface area contributed by atoms with E-state index in [2.05, 4.69) is 41.6 Å². The molecule has 34 heavy (non-hydrogen) atoms. The molecule has 1 atom stereocenters. The number of rotatable bonds is 8. The summed E-state index contributed by atoms with van der Waals surface area (Å²) in [5.74, 6) is -0.439. The summed E-state index contributed by atoms with van der Waals surface area (Å²) in [5.41, 5.74) is 2.59. The Bertz CT molecular complexity index is 1120. The van der Waals surface area contributed by atoms with Gasteiger partial charge in [-0.25, -0.2) is 4.39 Å². The van der Waals surface area contributed by atoms with Gasteiger partial charge >= 0.3 is 0 Å². The third kappa shape index (κ3) is 7.11. The molecule has 0 radical (unpaired) electrons. The third-order valence-electron chi connectivity index (χ3n) is 5.16. The van der Waals surface area contributed by atoms with Crippen molar-refractivity contribution in [1.82, 2.24) is 15.5 Å². The third-order valence-corrected chi connectivity index (χ3v) is 7.20. The van der Waals surface area contributed by atoms with E-state index in [1.165, 1.54) is 35.2 Å². The minimum atomic E-state index is -0.728. The predicted molar refractivity (Wildman–Crippen MR) is 136 cm³/mol. The first-order valence-corrected chi connectivity index (χ1v) is 12.8. The highest BCUT2D eigenvalue weighted by Crippen LogP contribution is 2.28. The summed E-state index contributed by atoms with van der Waals surface area (Å²) in [6.07, 6.45) is 0. The first-order chi connectivity index (χ1) is 16.0. The highest BCUT2D eigenvalue weighted by Gasteiger charge is 2.26. The van der Waals surface area contributed by atoms with E-state index in [1.54, 1.807) is 24.3 Å². The maximum Gasteiger partial charge on any atom is 0.251 e.